The van der Waals surface area contributed by atoms with Gasteiger partial charge in [0, 0.05) is 17.7 Å². The lowest BCUT2D eigenvalue weighted by atomic mass is 10.1. The van der Waals surface area contributed by atoms with Crippen molar-refractivity contribution in [3.8, 4) is 5.75 Å². The van der Waals surface area contributed by atoms with Gasteiger partial charge in [-0.05, 0) is 43.5 Å². The zero-order chi connectivity index (χ0) is 14.7. The van der Waals surface area contributed by atoms with Crippen LogP contribution in [0.4, 0.5) is 4.39 Å². The largest absolute Gasteiger partial charge is 0.488 e. The Bertz CT molecular complexity index is 608. The fourth-order valence-electron chi connectivity index (χ4n) is 2.06. The summed E-state index contributed by atoms with van der Waals surface area (Å²) in [6.45, 7) is 6.40. The molecule has 0 saturated carbocycles. The van der Waals surface area contributed by atoms with Crippen LogP contribution in [0.2, 0.25) is 0 Å². The molecule has 0 aliphatic heterocycles. The third-order valence-electron chi connectivity index (χ3n) is 3.43. The molecule has 0 aliphatic carbocycles. The van der Waals surface area contributed by atoms with Crippen molar-refractivity contribution in [3.05, 3.63) is 64.5 Å². The number of hydrogen-bond donors (Lipinski definition) is 1. The Morgan fingerprint density at radius 1 is 1.10 bits per heavy atom. The molecule has 2 aromatic carbocycles. The van der Waals surface area contributed by atoms with Crippen molar-refractivity contribution in [2.75, 3.05) is 0 Å². The van der Waals surface area contributed by atoms with Gasteiger partial charge in [0.25, 0.3) is 0 Å². The molecule has 0 aromatic heterocycles. The predicted molar refractivity (Wildman–Crippen MR) is 79.3 cm³/mol. The van der Waals surface area contributed by atoms with E-state index in [0.29, 0.717) is 12.4 Å². The van der Waals surface area contributed by atoms with Crippen molar-refractivity contribution in [3.63, 3.8) is 0 Å². The summed E-state index contributed by atoms with van der Waals surface area (Å²) < 4.78 is 19.1. The molecule has 0 unspecified atom stereocenters. The summed E-state index contributed by atoms with van der Waals surface area (Å²) in [6.07, 6.45) is 0. The second-order valence-corrected chi connectivity index (χ2v) is 5.18. The molecule has 0 heterocycles. The molecule has 0 radical (unpaired) electrons. The van der Waals surface area contributed by atoms with Crippen LogP contribution in [0.3, 0.4) is 0 Å². The van der Waals surface area contributed by atoms with Crippen LogP contribution in [-0.2, 0) is 6.61 Å². The number of rotatable bonds is 4. The lowest BCUT2D eigenvalue weighted by Crippen LogP contribution is -2.08. The first-order chi connectivity index (χ1) is 9.47. The van der Waals surface area contributed by atoms with Crippen molar-refractivity contribution >= 4 is 0 Å². The standard InChI is InChI=1S/C17H20FNO/c1-11-4-5-14(8-12(11)2)10-20-17-9-15(18)6-7-16(17)13(3)19/h4-9,13H,10,19H2,1-3H3/t13-/m0/s1. The van der Waals surface area contributed by atoms with Crippen LogP contribution in [0.15, 0.2) is 36.4 Å². The predicted octanol–water partition coefficient (Wildman–Crippen LogP) is 4.04. The van der Waals surface area contributed by atoms with Gasteiger partial charge in [-0.1, -0.05) is 24.3 Å². The Balaban J connectivity index is 2.17. The minimum absolute atomic E-state index is 0.189. The van der Waals surface area contributed by atoms with Crippen molar-refractivity contribution in [1.29, 1.82) is 0 Å². The fraction of sp³-hybridized carbons (Fsp3) is 0.294. The van der Waals surface area contributed by atoms with Crippen LogP contribution in [0, 0.1) is 19.7 Å². The smallest absolute Gasteiger partial charge is 0.127 e. The van der Waals surface area contributed by atoms with Gasteiger partial charge in [0.15, 0.2) is 0 Å². The number of nitrogens with two attached hydrogens (primary N) is 1. The molecule has 20 heavy (non-hydrogen) atoms. The third kappa shape index (κ3) is 3.36. The maximum atomic E-state index is 13.3. The highest BCUT2D eigenvalue weighted by molar-refractivity contribution is 5.37. The highest BCUT2D eigenvalue weighted by Crippen LogP contribution is 2.26. The molecule has 2 aromatic rings. The molecular formula is C17H20FNO. The van der Waals surface area contributed by atoms with Gasteiger partial charge < -0.3 is 10.5 Å². The van der Waals surface area contributed by atoms with Crippen LogP contribution in [-0.4, -0.2) is 0 Å². The molecule has 0 spiro atoms. The molecule has 2 rings (SSSR count). The van der Waals surface area contributed by atoms with Crippen molar-refractivity contribution < 1.29 is 9.13 Å². The molecule has 1 atom stereocenters. The summed E-state index contributed by atoms with van der Waals surface area (Å²) in [6, 6.07) is 10.4. The maximum Gasteiger partial charge on any atom is 0.127 e. The second-order valence-electron chi connectivity index (χ2n) is 5.18. The highest BCUT2D eigenvalue weighted by Gasteiger charge is 2.09. The molecule has 0 fully saturated rings. The van der Waals surface area contributed by atoms with Gasteiger partial charge in [0.2, 0.25) is 0 Å². The van der Waals surface area contributed by atoms with Gasteiger partial charge in [-0.25, -0.2) is 4.39 Å². The van der Waals surface area contributed by atoms with Crippen LogP contribution in [0.1, 0.15) is 35.2 Å². The minimum atomic E-state index is -0.315. The van der Waals surface area contributed by atoms with E-state index in [-0.39, 0.29) is 11.9 Å². The lowest BCUT2D eigenvalue weighted by molar-refractivity contribution is 0.299. The normalized spacial score (nSPS) is 12.2. The molecule has 0 bridgehead atoms. The summed E-state index contributed by atoms with van der Waals surface area (Å²) in [5.41, 5.74) is 10.2. The Morgan fingerprint density at radius 2 is 1.85 bits per heavy atom. The molecule has 106 valence electrons. The van der Waals surface area contributed by atoms with E-state index >= 15 is 0 Å². The van der Waals surface area contributed by atoms with Crippen molar-refractivity contribution in [2.45, 2.75) is 33.4 Å². The van der Waals surface area contributed by atoms with Gasteiger partial charge in [0.05, 0.1) is 0 Å². The molecule has 2 N–H and O–H groups in total. The van der Waals surface area contributed by atoms with Gasteiger partial charge in [-0.2, -0.15) is 0 Å². The fourth-order valence-corrected chi connectivity index (χ4v) is 2.06. The quantitative estimate of drug-likeness (QED) is 0.912. The molecule has 0 amide bonds. The van der Waals surface area contributed by atoms with E-state index in [0.717, 1.165) is 11.1 Å². The average molecular weight is 273 g/mol. The lowest BCUT2D eigenvalue weighted by Gasteiger charge is -2.14. The van der Waals surface area contributed by atoms with Crippen LogP contribution in [0.5, 0.6) is 5.75 Å². The maximum absolute atomic E-state index is 13.3. The number of halogens is 1. The number of hydrogen-bond acceptors (Lipinski definition) is 2. The molecule has 0 aliphatic rings. The third-order valence-corrected chi connectivity index (χ3v) is 3.43. The van der Waals surface area contributed by atoms with Gasteiger partial charge in [-0.3, -0.25) is 0 Å². The van der Waals surface area contributed by atoms with Gasteiger partial charge in [-0.15, -0.1) is 0 Å². The van der Waals surface area contributed by atoms with Crippen molar-refractivity contribution in [2.24, 2.45) is 5.73 Å². The topological polar surface area (TPSA) is 35.2 Å². The van der Waals surface area contributed by atoms with Crippen LogP contribution >= 0.6 is 0 Å². The number of aryl methyl sites for hydroxylation is 2. The van der Waals surface area contributed by atoms with Gasteiger partial charge >= 0.3 is 0 Å². The van der Waals surface area contributed by atoms with E-state index in [4.69, 9.17) is 10.5 Å². The molecule has 3 heteroatoms. The summed E-state index contributed by atoms with van der Waals surface area (Å²) in [5, 5.41) is 0. The zero-order valence-corrected chi connectivity index (χ0v) is 12.1. The Morgan fingerprint density at radius 3 is 2.50 bits per heavy atom. The Hall–Kier alpha value is -1.87. The summed E-state index contributed by atoms with van der Waals surface area (Å²) in [7, 11) is 0. The number of ether oxygens (including phenoxy) is 1. The SMILES string of the molecule is Cc1ccc(COc2cc(F)ccc2[C@H](C)N)cc1C. The van der Waals surface area contributed by atoms with Crippen LogP contribution in [0.25, 0.3) is 0 Å². The zero-order valence-electron chi connectivity index (χ0n) is 12.1. The summed E-state index contributed by atoms with van der Waals surface area (Å²) in [5.74, 6) is 0.197. The Labute approximate surface area is 119 Å². The van der Waals surface area contributed by atoms with Crippen molar-refractivity contribution in [1.82, 2.24) is 0 Å². The summed E-state index contributed by atoms with van der Waals surface area (Å²) in [4.78, 5) is 0. The Kier molecular flexibility index (Phi) is 4.40. The van der Waals surface area contributed by atoms with E-state index in [1.165, 1.54) is 23.3 Å². The monoisotopic (exact) mass is 273 g/mol. The second kappa shape index (κ2) is 6.06. The van der Waals surface area contributed by atoms with Crippen LogP contribution < -0.4 is 10.5 Å². The number of benzene rings is 2. The molecular weight excluding hydrogens is 253 g/mol. The minimum Gasteiger partial charge on any atom is -0.488 e. The molecule has 2 nitrogen and oxygen atoms in total. The van der Waals surface area contributed by atoms with E-state index in [2.05, 4.69) is 26.0 Å². The van der Waals surface area contributed by atoms with E-state index in [1.54, 1.807) is 6.07 Å². The van der Waals surface area contributed by atoms with E-state index in [1.807, 2.05) is 13.0 Å². The first kappa shape index (κ1) is 14.5. The van der Waals surface area contributed by atoms with E-state index in [9.17, 15) is 4.39 Å². The molecule has 0 saturated heterocycles. The average Bonchev–Trinajstić information content (AvgIpc) is 2.40. The van der Waals surface area contributed by atoms with Gasteiger partial charge in [0.1, 0.15) is 18.2 Å². The highest BCUT2D eigenvalue weighted by atomic mass is 19.1. The first-order valence-corrected chi connectivity index (χ1v) is 6.71. The summed E-state index contributed by atoms with van der Waals surface area (Å²) >= 11 is 0. The van der Waals surface area contributed by atoms with E-state index < -0.39 is 0 Å². The first-order valence-electron chi connectivity index (χ1n) is 6.71.